The van der Waals surface area contributed by atoms with Crippen molar-refractivity contribution in [2.24, 2.45) is 4.99 Å². The van der Waals surface area contributed by atoms with Crippen LogP contribution in [0.25, 0.3) is 11.4 Å². The van der Waals surface area contributed by atoms with Crippen LogP contribution in [0.3, 0.4) is 0 Å². The Bertz CT molecular complexity index is 1030. The maximum Gasteiger partial charge on any atom is 0.228 e. The van der Waals surface area contributed by atoms with Crippen molar-refractivity contribution in [3.8, 4) is 17.1 Å². The van der Waals surface area contributed by atoms with E-state index in [1.54, 1.807) is 25.2 Å². The van der Waals surface area contributed by atoms with Crippen LogP contribution in [0.2, 0.25) is 5.02 Å². The first-order chi connectivity index (χ1) is 15.1. The predicted molar refractivity (Wildman–Crippen MR) is 122 cm³/mol. The number of anilines is 1. The minimum atomic E-state index is 0.316. The number of hydrogen-bond donors (Lipinski definition) is 2. The van der Waals surface area contributed by atoms with Crippen molar-refractivity contribution < 1.29 is 9.63 Å². The minimum Gasteiger partial charge on any atom is -0.506 e. The van der Waals surface area contributed by atoms with E-state index < -0.39 is 0 Å². The van der Waals surface area contributed by atoms with Gasteiger partial charge in [-0.05, 0) is 36.4 Å². The number of aliphatic imine (C=N–C) groups is 1. The van der Waals surface area contributed by atoms with Crippen LogP contribution in [0.5, 0.6) is 5.75 Å². The number of guanidine groups is 1. The van der Waals surface area contributed by atoms with Gasteiger partial charge in [-0.15, -0.1) is 0 Å². The Kier molecular flexibility index (Phi) is 6.57. The molecule has 3 aromatic rings. The maximum absolute atomic E-state index is 10.1. The van der Waals surface area contributed by atoms with E-state index in [0.717, 1.165) is 43.4 Å². The molecule has 1 aliphatic rings. The average Bonchev–Trinajstić information content (AvgIpc) is 3.27. The minimum absolute atomic E-state index is 0.316. The molecule has 0 bridgehead atoms. The fraction of sp³-hybridized carbons (Fsp3) is 0.318. The lowest BCUT2D eigenvalue weighted by atomic mass is 10.2. The highest BCUT2D eigenvalue weighted by Gasteiger charge is 2.21. The number of phenolic OH excluding ortho intramolecular Hbond substituents is 1. The van der Waals surface area contributed by atoms with Crippen molar-refractivity contribution in [1.82, 2.24) is 20.4 Å². The zero-order valence-electron chi connectivity index (χ0n) is 17.3. The van der Waals surface area contributed by atoms with E-state index in [4.69, 9.17) is 16.1 Å². The van der Waals surface area contributed by atoms with E-state index in [0.29, 0.717) is 35.5 Å². The molecule has 31 heavy (non-hydrogen) atoms. The highest BCUT2D eigenvalue weighted by atomic mass is 35.5. The molecule has 0 saturated carbocycles. The van der Waals surface area contributed by atoms with E-state index in [-0.39, 0.29) is 0 Å². The SMILES string of the molecule is CN=C(NCCc1nc(-c2ccc(Cl)cc2)no1)N1CCN(c2ccccc2O)CC1. The van der Waals surface area contributed by atoms with Crippen molar-refractivity contribution in [3.63, 3.8) is 0 Å². The lowest BCUT2D eigenvalue weighted by molar-refractivity contribution is 0.363. The molecule has 1 fully saturated rings. The monoisotopic (exact) mass is 440 g/mol. The first-order valence-electron chi connectivity index (χ1n) is 10.2. The Morgan fingerprint density at radius 2 is 1.87 bits per heavy atom. The Hall–Kier alpha value is -3.26. The van der Waals surface area contributed by atoms with Gasteiger partial charge in [0.15, 0.2) is 5.96 Å². The van der Waals surface area contributed by atoms with Crippen molar-refractivity contribution in [2.45, 2.75) is 6.42 Å². The van der Waals surface area contributed by atoms with Gasteiger partial charge in [-0.1, -0.05) is 28.9 Å². The molecule has 2 heterocycles. The number of piperazine rings is 1. The number of halogens is 1. The molecule has 162 valence electrons. The molecule has 2 N–H and O–H groups in total. The van der Waals surface area contributed by atoms with Gasteiger partial charge in [-0.25, -0.2) is 0 Å². The molecule has 8 nitrogen and oxygen atoms in total. The number of nitrogens with one attached hydrogen (secondary N) is 1. The van der Waals surface area contributed by atoms with Crippen LogP contribution in [-0.2, 0) is 6.42 Å². The van der Waals surface area contributed by atoms with Crippen LogP contribution >= 0.6 is 11.6 Å². The third kappa shape index (κ3) is 5.08. The van der Waals surface area contributed by atoms with Crippen LogP contribution in [0.4, 0.5) is 5.69 Å². The smallest absolute Gasteiger partial charge is 0.228 e. The molecular weight excluding hydrogens is 416 g/mol. The Balaban J connectivity index is 1.27. The molecular formula is C22H25ClN6O2. The molecule has 4 rings (SSSR count). The first kappa shape index (κ1) is 21.0. The highest BCUT2D eigenvalue weighted by molar-refractivity contribution is 6.30. The van der Waals surface area contributed by atoms with Gasteiger partial charge in [0.1, 0.15) is 5.75 Å². The summed E-state index contributed by atoms with van der Waals surface area (Å²) >= 11 is 5.92. The first-order valence-corrected chi connectivity index (χ1v) is 10.6. The van der Waals surface area contributed by atoms with Crippen LogP contribution in [0, 0.1) is 0 Å². The molecule has 0 aliphatic carbocycles. The molecule has 0 spiro atoms. The summed E-state index contributed by atoms with van der Waals surface area (Å²) in [5.74, 6) is 2.28. The zero-order chi connectivity index (χ0) is 21.6. The summed E-state index contributed by atoms with van der Waals surface area (Å²) in [6.07, 6.45) is 0.595. The van der Waals surface area contributed by atoms with Crippen LogP contribution in [-0.4, -0.2) is 65.9 Å². The number of aromatic nitrogens is 2. The van der Waals surface area contributed by atoms with Crippen molar-refractivity contribution in [1.29, 1.82) is 0 Å². The quantitative estimate of drug-likeness (QED) is 0.465. The van der Waals surface area contributed by atoms with Crippen LogP contribution in [0.15, 0.2) is 58.0 Å². The molecule has 2 aromatic carbocycles. The van der Waals surface area contributed by atoms with Crippen molar-refractivity contribution >= 4 is 23.2 Å². The third-order valence-electron chi connectivity index (χ3n) is 5.21. The van der Waals surface area contributed by atoms with Gasteiger partial charge in [0, 0.05) is 56.8 Å². The summed E-state index contributed by atoms with van der Waals surface area (Å²) in [7, 11) is 1.78. The predicted octanol–water partition coefficient (Wildman–Crippen LogP) is 3.04. The second-order valence-corrected chi connectivity index (χ2v) is 7.64. The van der Waals surface area contributed by atoms with Gasteiger partial charge in [-0.2, -0.15) is 4.98 Å². The molecule has 0 atom stereocenters. The average molecular weight is 441 g/mol. The Labute approximate surface area is 186 Å². The lowest BCUT2D eigenvalue weighted by Crippen LogP contribution is -2.52. The summed E-state index contributed by atoms with van der Waals surface area (Å²) < 4.78 is 5.37. The normalized spacial score (nSPS) is 14.7. The van der Waals surface area contributed by atoms with Gasteiger partial charge >= 0.3 is 0 Å². The molecule has 1 aromatic heterocycles. The topological polar surface area (TPSA) is 90.0 Å². The number of nitrogens with zero attached hydrogens (tertiary/aromatic N) is 5. The lowest BCUT2D eigenvalue weighted by Gasteiger charge is -2.37. The summed E-state index contributed by atoms with van der Waals surface area (Å²) in [6.45, 7) is 3.89. The van der Waals surface area contributed by atoms with Crippen molar-refractivity contribution in [3.05, 3.63) is 59.4 Å². The van der Waals surface area contributed by atoms with Crippen LogP contribution < -0.4 is 10.2 Å². The standard InChI is InChI=1S/C22H25ClN6O2/c1-24-22(29-14-12-28(13-15-29)18-4-2-3-5-19(18)30)25-11-10-20-26-21(27-31-20)16-6-8-17(23)9-7-16/h2-9,30H,10-15H2,1H3,(H,24,25). The highest BCUT2D eigenvalue weighted by Crippen LogP contribution is 2.27. The number of benzene rings is 2. The number of hydrogen-bond acceptors (Lipinski definition) is 6. The van der Waals surface area contributed by atoms with Gasteiger partial charge < -0.3 is 24.7 Å². The largest absolute Gasteiger partial charge is 0.506 e. The fourth-order valence-corrected chi connectivity index (χ4v) is 3.70. The zero-order valence-corrected chi connectivity index (χ0v) is 18.1. The van der Waals surface area contributed by atoms with Crippen molar-refractivity contribution in [2.75, 3.05) is 44.7 Å². The Morgan fingerprint density at radius 1 is 1.13 bits per heavy atom. The summed E-state index contributed by atoms with van der Waals surface area (Å²) in [5.41, 5.74) is 1.74. The second kappa shape index (κ2) is 9.70. The maximum atomic E-state index is 10.1. The molecule has 0 unspecified atom stereocenters. The van der Waals surface area contributed by atoms with E-state index in [1.165, 1.54) is 0 Å². The van der Waals surface area contributed by atoms with E-state index in [2.05, 4.69) is 30.2 Å². The molecule has 0 radical (unpaired) electrons. The van der Waals surface area contributed by atoms with Crippen LogP contribution in [0.1, 0.15) is 5.89 Å². The Morgan fingerprint density at radius 3 is 2.58 bits per heavy atom. The van der Waals surface area contributed by atoms with E-state index in [9.17, 15) is 5.11 Å². The molecule has 1 saturated heterocycles. The second-order valence-electron chi connectivity index (χ2n) is 7.21. The summed E-state index contributed by atoms with van der Waals surface area (Å²) in [5, 5.41) is 18.2. The number of rotatable bonds is 5. The number of phenols is 1. The van der Waals surface area contributed by atoms with Gasteiger partial charge in [0.05, 0.1) is 5.69 Å². The van der Waals surface area contributed by atoms with E-state index >= 15 is 0 Å². The molecule has 1 aliphatic heterocycles. The number of aromatic hydroxyl groups is 1. The van der Waals surface area contributed by atoms with Gasteiger partial charge in [-0.3, -0.25) is 4.99 Å². The molecule has 9 heteroatoms. The van der Waals surface area contributed by atoms with Gasteiger partial charge in [0.2, 0.25) is 11.7 Å². The van der Waals surface area contributed by atoms with E-state index in [1.807, 2.05) is 30.3 Å². The summed E-state index contributed by atoms with van der Waals surface area (Å²) in [4.78, 5) is 13.3. The summed E-state index contributed by atoms with van der Waals surface area (Å²) in [6, 6.07) is 14.8. The molecule has 0 amide bonds. The third-order valence-corrected chi connectivity index (χ3v) is 5.46. The number of para-hydroxylation sites is 2. The van der Waals surface area contributed by atoms with Gasteiger partial charge in [0.25, 0.3) is 0 Å². The fourth-order valence-electron chi connectivity index (χ4n) is 3.58.